The number of unbranched alkanes of at least 4 members (excludes halogenated alkanes) is 1. The van der Waals surface area contributed by atoms with E-state index in [2.05, 4.69) is 0 Å². The van der Waals surface area contributed by atoms with Gasteiger partial charge in [-0.05, 0) is 62.3 Å². The number of nitrogens with two attached hydrogens (primary N) is 2. The summed E-state index contributed by atoms with van der Waals surface area (Å²) in [6.45, 7) is 2.28. The summed E-state index contributed by atoms with van der Waals surface area (Å²) in [7, 11) is 0. The molecule has 1 fully saturated rings. The van der Waals surface area contributed by atoms with Crippen LogP contribution >= 0.6 is 0 Å². The molecule has 3 atom stereocenters. The first kappa shape index (κ1) is 23.8. The van der Waals surface area contributed by atoms with Gasteiger partial charge in [-0.2, -0.15) is 0 Å². The van der Waals surface area contributed by atoms with E-state index in [0.717, 1.165) is 48.8 Å². The Bertz CT molecular complexity index is 657. The fourth-order valence-electron chi connectivity index (χ4n) is 2.89. The number of benzene rings is 1. The van der Waals surface area contributed by atoms with Crippen molar-refractivity contribution in [3.05, 3.63) is 41.0 Å². The number of aliphatic hydroxyl groups is 1. The number of rotatable bonds is 8. The van der Waals surface area contributed by atoms with Gasteiger partial charge in [-0.1, -0.05) is 36.8 Å². The predicted octanol–water partition coefficient (Wildman–Crippen LogP) is 2.33. The predicted molar refractivity (Wildman–Crippen MR) is 109 cm³/mol. The molecule has 0 saturated heterocycles. The van der Waals surface area contributed by atoms with Crippen LogP contribution in [0.3, 0.4) is 0 Å². The van der Waals surface area contributed by atoms with Crippen molar-refractivity contribution < 1.29 is 24.9 Å². The van der Waals surface area contributed by atoms with Gasteiger partial charge in [-0.15, -0.1) is 0 Å². The van der Waals surface area contributed by atoms with Gasteiger partial charge in [0, 0.05) is 0 Å². The minimum Gasteiger partial charge on any atom is -0.481 e. The summed E-state index contributed by atoms with van der Waals surface area (Å²) >= 11 is 0. The van der Waals surface area contributed by atoms with Crippen molar-refractivity contribution >= 4 is 18.0 Å². The Hall–Kier alpha value is -2.22. The van der Waals surface area contributed by atoms with Gasteiger partial charge < -0.3 is 26.8 Å². The molecular weight excluding hydrogens is 360 g/mol. The van der Waals surface area contributed by atoms with Crippen LogP contribution in [0, 0.1) is 0 Å². The summed E-state index contributed by atoms with van der Waals surface area (Å²) in [4.78, 5) is 21.0. The smallest absolute Gasteiger partial charge is 0.320 e. The molecule has 7 heteroatoms. The zero-order valence-electron chi connectivity index (χ0n) is 16.4. The van der Waals surface area contributed by atoms with Crippen molar-refractivity contribution in [3.8, 4) is 0 Å². The number of carboxylic acid groups (broad SMARTS) is 2. The maximum atomic E-state index is 10.9. The van der Waals surface area contributed by atoms with Gasteiger partial charge in [0.1, 0.15) is 6.04 Å². The SMILES string of the molecule is CC(C(=O)O)c1ccc(/C=C2/CCCC2O)cc1.NCCCCC(N)C(=O)O. The number of aliphatic hydroxyl groups excluding tert-OH is 1. The third kappa shape index (κ3) is 8.21. The third-order valence-electron chi connectivity index (χ3n) is 4.82. The van der Waals surface area contributed by atoms with Gasteiger partial charge >= 0.3 is 11.9 Å². The van der Waals surface area contributed by atoms with E-state index < -0.39 is 23.9 Å². The summed E-state index contributed by atoms with van der Waals surface area (Å²) in [5, 5.41) is 27.0. The van der Waals surface area contributed by atoms with Crippen LogP contribution in [0.4, 0.5) is 0 Å². The van der Waals surface area contributed by atoms with Crippen LogP contribution in [0.15, 0.2) is 29.8 Å². The molecule has 0 spiro atoms. The standard InChI is InChI=1S/C15H18O3.C6H14N2O2/c1-10(15(17)18)12-7-5-11(6-8-12)9-13-3-2-4-14(13)16;7-4-2-1-3-5(8)6(9)10/h5-10,14,16H,2-4H2,1H3,(H,17,18);5H,1-4,7-8H2,(H,9,10)/b13-9-;. The zero-order valence-corrected chi connectivity index (χ0v) is 16.4. The Morgan fingerprint density at radius 2 is 1.82 bits per heavy atom. The summed E-state index contributed by atoms with van der Waals surface area (Å²) in [6.07, 6.45) is 6.71. The summed E-state index contributed by atoms with van der Waals surface area (Å²) in [5.41, 5.74) is 13.3. The molecule has 1 aliphatic rings. The lowest BCUT2D eigenvalue weighted by atomic mass is 9.99. The Kier molecular flexibility index (Phi) is 10.4. The molecule has 2 rings (SSSR count). The molecule has 3 unspecified atom stereocenters. The topological polar surface area (TPSA) is 147 Å². The first-order chi connectivity index (χ1) is 13.3. The lowest BCUT2D eigenvalue weighted by molar-refractivity contribution is -0.139. The van der Waals surface area contributed by atoms with Crippen LogP contribution in [-0.4, -0.2) is 45.9 Å². The molecule has 156 valence electrons. The van der Waals surface area contributed by atoms with Gasteiger partial charge in [0.25, 0.3) is 0 Å². The second-order valence-electron chi connectivity index (χ2n) is 7.08. The van der Waals surface area contributed by atoms with Gasteiger partial charge in [0.05, 0.1) is 12.0 Å². The maximum absolute atomic E-state index is 10.9. The Morgan fingerprint density at radius 1 is 1.18 bits per heavy atom. The Balaban J connectivity index is 0.000000336. The average Bonchev–Trinajstić information content (AvgIpc) is 3.07. The Morgan fingerprint density at radius 3 is 2.29 bits per heavy atom. The highest BCUT2D eigenvalue weighted by Crippen LogP contribution is 2.27. The molecule has 0 heterocycles. The summed E-state index contributed by atoms with van der Waals surface area (Å²) < 4.78 is 0. The molecule has 0 aliphatic heterocycles. The van der Waals surface area contributed by atoms with E-state index in [0.29, 0.717) is 13.0 Å². The molecule has 1 aromatic rings. The van der Waals surface area contributed by atoms with Crippen LogP contribution in [0.5, 0.6) is 0 Å². The van der Waals surface area contributed by atoms with Gasteiger partial charge in [-0.3, -0.25) is 9.59 Å². The minimum atomic E-state index is -0.933. The monoisotopic (exact) mass is 392 g/mol. The van der Waals surface area contributed by atoms with E-state index in [1.165, 1.54) is 0 Å². The van der Waals surface area contributed by atoms with Gasteiger partial charge in [0.15, 0.2) is 0 Å². The zero-order chi connectivity index (χ0) is 21.1. The number of hydrogen-bond acceptors (Lipinski definition) is 5. The first-order valence-electron chi connectivity index (χ1n) is 9.66. The van der Waals surface area contributed by atoms with Crippen molar-refractivity contribution in [2.75, 3.05) is 6.54 Å². The fourth-order valence-corrected chi connectivity index (χ4v) is 2.89. The quantitative estimate of drug-likeness (QED) is 0.427. The van der Waals surface area contributed by atoms with Crippen molar-refractivity contribution in [2.24, 2.45) is 11.5 Å². The molecule has 1 aromatic carbocycles. The minimum absolute atomic E-state index is 0.303. The normalized spacial score (nSPS) is 19.6. The Labute approximate surface area is 166 Å². The highest BCUT2D eigenvalue weighted by atomic mass is 16.4. The van der Waals surface area contributed by atoms with Gasteiger partial charge in [0.2, 0.25) is 0 Å². The van der Waals surface area contributed by atoms with E-state index in [-0.39, 0.29) is 6.10 Å². The van der Waals surface area contributed by atoms with Crippen molar-refractivity contribution in [1.29, 1.82) is 0 Å². The largest absolute Gasteiger partial charge is 0.481 e. The molecule has 0 bridgehead atoms. The lowest BCUT2D eigenvalue weighted by Crippen LogP contribution is -2.29. The molecule has 28 heavy (non-hydrogen) atoms. The van der Waals surface area contributed by atoms with E-state index in [4.69, 9.17) is 21.7 Å². The fraction of sp³-hybridized carbons (Fsp3) is 0.524. The van der Waals surface area contributed by atoms with E-state index >= 15 is 0 Å². The van der Waals surface area contributed by atoms with E-state index in [9.17, 15) is 14.7 Å². The number of carboxylic acids is 2. The van der Waals surface area contributed by atoms with Crippen molar-refractivity contribution in [3.63, 3.8) is 0 Å². The third-order valence-corrected chi connectivity index (χ3v) is 4.82. The number of carbonyl (C=O) groups is 2. The van der Waals surface area contributed by atoms with Gasteiger partial charge in [-0.25, -0.2) is 0 Å². The molecule has 1 saturated carbocycles. The number of hydrogen-bond donors (Lipinski definition) is 5. The van der Waals surface area contributed by atoms with Crippen LogP contribution in [0.1, 0.15) is 62.5 Å². The molecule has 0 radical (unpaired) electrons. The van der Waals surface area contributed by atoms with Crippen LogP contribution in [-0.2, 0) is 9.59 Å². The van der Waals surface area contributed by atoms with E-state index in [1.54, 1.807) is 6.92 Å². The summed E-state index contributed by atoms with van der Waals surface area (Å²) in [6, 6.07) is 6.78. The maximum Gasteiger partial charge on any atom is 0.320 e. The highest BCUT2D eigenvalue weighted by molar-refractivity contribution is 5.75. The molecule has 7 N–H and O–H groups in total. The van der Waals surface area contributed by atoms with Crippen LogP contribution in [0.25, 0.3) is 6.08 Å². The van der Waals surface area contributed by atoms with E-state index in [1.807, 2.05) is 30.3 Å². The van der Waals surface area contributed by atoms with Crippen LogP contribution < -0.4 is 11.5 Å². The molecule has 0 amide bonds. The van der Waals surface area contributed by atoms with Crippen molar-refractivity contribution in [1.82, 2.24) is 0 Å². The summed E-state index contributed by atoms with van der Waals surface area (Å²) in [5.74, 6) is -2.23. The molecule has 1 aliphatic carbocycles. The highest BCUT2D eigenvalue weighted by Gasteiger charge is 2.18. The second-order valence-corrected chi connectivity index (χ2v) is 7.08. The number of aliphatic carboxylic acids is 2. The van der Waals surface area contributed by atoms with Crippen molar-refractivity contribution in [2.45, 2.75) is 63.5 Å². The lowest BCUT2D eigenvalue weighted by Gasteiger charge is -2.07. The van der Waals surface area contributed by atoms with Crippen LogP contribution in [0.2, 0.25) is 0 Å². The average molecular weight is 392 g/mol. The molecular formula is C21H32N2O5. The molecule has 7 nitrogen and oxygen atoms in total. The molecule has 0 aromatic heterocycles. The second kappa shape index (κ2) is 12.3. The first-order valence-corrected chi connectivity index (χ1v) is 9.66.